The molecular weight excluding hydrogens is 372 g/mol. The zero-order valence-electron chi connectivity index (χ0n) is 15.0. The fourth-order valence-electron chi connectivity index (χ4n) is 2.81. The lowest BCUT2D eigenvalue weighted by Crippen LogP contribution is -2.50. The molecule has 2 aromatic rings. The number of sulfonamides is 1. The Morgan fingerprint density at radius 2 is 1.78 bits per heavy atom. The van der Waals surface area contributed by atoms with Crippen molar-refractivity contribution in [1.82, 2.24) is 15.0 Å². The van der Waals surface area contributed by atoms with Crippen LogP contribution in [0, 0.1) is 6.92 Å². The molecule has 0 bridgehead atoms. The molecule has 1 aromatic heterocycles. The summed E-state index contributed by atoms with van der Waals surface area (Å²) in [4.78, 5) is 27.3. The van der Waals surface area contributed by atoms with Crippen LogP contribution in [0.25, 0.3) is 0 Å². The van der Waals surface area contributed by atoms with Gasteiger partial charge in [0.15, 0.2) is 5.82 Å². The van der Waals surface area contributed by atoms with E-state index in [0.29, 0.717) is 31.9 Å². The molecular formula is C17H20N4O5S. The van der Waals surface area contributed by atoms with Gasteiger partial charge in [0.2, 0.25) is 5.91 Å². The molecule has 1 saturated heterocycles. The highest BCUT2D eigenvalue weighted by Gasteiger charge is 2.24. The molecule has 0 spiro atoms. The summed E-state index contributed by atoms with van der Waals surface area (Å²) in [6.45, 7) is 4.89. The van der Waals surface area contributed by atoms with Crippen molar-refractivity contribution in [2.24, 2.45) is 0 Å². The van der Waals surface area contributed by atoms with Gasteiger partial charge in [-0.15, -0.1) is 0 Å². The first kappa shape index (κ1) is 18.9. The molecule has 3 rings (SSSR count). The molecule has 0 atom stereocenters. The van der Waals surface area contributed by atoms with Gasteiger partial charge in [-0.3, -0.25) is 14.3 Å². The van der Waals surface area contributed by atoms with Crippen molar-refractivity contribution in [3.63, 3.8) is 0 Å². The molecule has 2 heterocycles. The molecule has 144 valence electrons. The van der Waals surface area contributed by atoms with Gasteiger partial charge in [0.05, 0.1) is 4.90 Å². The second-order valence-electron chi connectivity index (χ2n) is 6.25. The van der Waals surface area contributed by atoms with Crippen molar-refractivity contribution in [1.29, 1.82) is 0 Å². The van der Waals surface area contributed by atoms with Crippen LogP contribution in [0.15, 0.2) is 39.8 Å². The van der Waals surface area contributed by atoms with Gasteiger partial charge in [-0.25, -0.2) is 8.42 Å². The second kappa shape index (κ2) is 7.39. The molecule has 1 fully saturated rings. The highest BCUT2D eigenvalue weighted by molar-refractivity contribution is 7.92. The molecule has 0 radical (unpaired) electrons. The van der Waals surface area contributed by atoms with Crippen LogP contribution >= 0.6 is 0 Å². The average Bonchev–Trinajstić information content (AvgIpc) is 3.05. The summed E-state index contributed by atoms with van der Waals surface area (Å²) in [7, 11) is -3.90. The number of amides is 2. The van der Waals surface area contributed by atoms with Crippen molar-refractivity contribution in [2.75, 3.05) is 30.9 Å². The Morgan fingerprint density at radius 3 is 2.37 bits per heavy atom. The number of piperazine rings is 1. The Hall–Kier alpha value is -2.88. The summed E-state index contributed by atoms with van der Waals surface area (Å²) in [5.74, 6) is 0.253. The summed E-state index contributed by atoms with van der Waals surface area (Å²) in [5.41, 5.74) is 0.269. The van der Waals surface area contributed by atoms with Crippen LogP contribution < -0.4 is 4.72 Å². The van der Waals surface area contributed by atoms with Gasteiger partial charge in [-0.2, -0.15) is 0 Å². The third kappa shape index (κ3) is 4.27. The molecule has 1 aromatic carbocycles. The largest absolute Gasteiger partial charge is 0.360 e. The monoisotopic (exact) mass is 392 g/mol. The van der Waals surface area contributed by atoms with E-state index >= 15 is 0 Å². The highest BCUT2D eigenvalue weighted by Crippen LogP contribution is 2.18. The van der Waals surface area contributed by atoms with Crippen LogP contribution in [0.2, 0.25) is 0 Å². The Labute approximate surface area is 157 Å². The van der Waals surface area contributed by atoms with E-state index in [2.05, 4.69) is 9.88 Å². The second-order valence-corrected chi connectivity index (χ2v) is 7.94. The Morgan fingerprint density at radius 1 is 1.11 bits per heavy atom. The molecule has 1 aliphatic rings. The molecule has 9 nitrogen and oxygen atoms in total. The first-order valence-corrected chi connectivity index (χ1v) is 9.85. The van der Waals surface area contributed by atoms with Crippen molar-refractivity contribution in [3.05, 3.63) is 41.7 Å². The van der Waals surface area contributed by atoms with E-state index in [9.17, 15) is 18.0 Å². The van der Waals surface area contributed by atoms with Crippen molar-refractivity contribution in [2.45, 2.75) is 18.7 Å². The molecule has 0 aliphatic carbocycles. The van der Waals surface area contributed by atoms with Crippen LogP contribution in [0.5, 0.6) is 0 Å². The zero-order chi connectivity index (χ0) is 19.6. The first-order chi connectivity index (χ1) is 12.8. The van der Waals surface area contributed by atoms with Crippen LogP contribution in [-0.4, -0.2) is 61.4 Å². The van der Waals surface area contributed by atoms with Crippen molar-refractivity contribution < 1.29 is 22.5 Å². The SMILES string of the molecule is CC(=O)N1CCN(C(=O)c2cccc(S(=O)(=O)Nc3cc(C)on3)c2)CC1. The maximum Gasteiger partial charge on any atom is 0.263 e. The number of nitrogens with zero attached hydrogens (tertiary/aromatic N) is 3. The molecule has 27 heavy (non-hydrogen) atoms. The number of aromatic nitrogens is 1. The topological polar surface area (TPSA) is 113 Å². The van der Waals surface area contributed by atoms with E-state index in [1.165, 1.54) is 31.2 Å². The van der Waals surface area contributed by atoms with Gasteiger partial charge in [0.1, 0.15) is 5.76 Å². The minimum Gasteiger partial charge on any atom is -0.360 e. The normalized spacial score (nSPS) is 14.9. The van der Waals surface area contributed by atoms with Crippen LogP contribution in [0.4, 0.5) is 5.82 Å². The quantitative estimate of drug-likeness (QED) is 0.833. The lowest BCUT2D eigenvalue weighted by molar-refractivity contribution is -0.130. The van der Waals surface area contributed by atoms with Gasteiger partial charge >= 0.3 is 0 Å². The van der Waals surface area contributed by atoms with Gasteiger partial charge in [-0.05, 0) is 25.1 Å². The van der Waals surface area contributed by atoms with Gasteiger partial charge in [0.25, 0.3) is 15.9 Å². The fourth-order valence-corrected chi connectivity index (χ4v) is 3.84. The van der Waals surface area contributed by atoms with Crippen molar-refractivity contribution in [3.8, 4) is 0 Å². The van der Waals surface area contributed by atoms with Gasteiger partial charge in [0, 0.05) is 44.7 Å². The number of carbonyl (C=O) groups excluding carboxylic acids is 2. The van der Waals surface area contributed by atoms with Gasteiger partial charge < -0.3 is 14.3 Å². The zero-order valence-corrected chi connectivity index (χ0v) is 15.8. The van der Waals surface area contributed by atoms with Crippen LogP contribution in [-0.2, 0) is 14.8 Å². The van der Waals surface area contributed by atoms with Crippen LogP contribution in [0.3, 0.4) is 0 Å². The number of hydrogen-bond acceptors (Lipinski definition) is 6. The summed E-state index contributed by atoms with van der Waals surface area (Å²) >= 11 is 0. The van der Waals surface area contributed by atoms with E-state index in [1.807, 2.05) is 0 Å². The average molecular weight is 392 g/mol. The summed E-state index contributed by atoms with van der Waals surface area (Å²) in [6.07, 6.45) is 0. The van der Waals surface area contributed by atoms with E-state index < -0.39 is 10.0 Å². The highest BCUT2D eigenvalue weighted by atomic mass is 32.2. The fraction of sp³-hybridized carbons (Fsp3) is 0.353. The number of nitrogens with one attached hydrogen (secondary N) is 1. The third-order valence-corrected chi connectivity index (χ3v) is 5.62. The molecule has 0 saturated carbocycles. The molecule has 10 heteroatoms. The minimum absolute atomic E-state index is 0.0237. The standard InChI is InChI=1S/C17H20N4O5S/c1-12-10-16(18-26-12)19-27(24,25)15-5-3-4-14(11-15)17(23)21-8-6-20(7-9-21)13(2)22/h3-5,10-11H,6-9H2,1-2H3,(H,18,19). The lowest BCUT2D eigenvalue weighted by atomic mass is 10.2. The minimum atomic E-state index is -3.90. The molecule has 0 unspecified atom stereocenters. The smallest absolute Gasteiger partial charge is 0.263 e. The molecule has 2 amide bonds. The third-order valence-electron chi connectivity index (χ3n) is 4.27. The van der Waals surface area contributed by atoms with Crippen LogP contribution in [0.1, 0.15) is 23.0 Å². The summed E-state index contributed by atoms with van der Waals surface area (Å²) < 4.78 is 32.2. The number of anilines is 1. The Kier molecular flexibility index (Phi) is 5.17. The predicted molar refractivity (Wildman–Crippen MR) is 96.6 cm³/mol. The number of rotatable bonds is 4. The number of hydrogen-bond donors (Lipinski definition) is 1. The van der Waals surface area contributed by atoms with E-state index in [1.54, 1.807) is 22.8 Å². The van der Waals surface area contributed by atoms with E-state index in [-0.39, 0.29) is 28.1 Å². The number of carbonyl (C=O) groups is 2. The lowest BCUT2D eigenvalue weighted by Gasteiger charge is -2.34. The van der Waals surface area contributed by atoms with Crippen molar-refractivity contribution >= 4 is 27.7 Å². The predicted octanol–water partition coefficient (Wildman–Crippen LogP) is 1.09. The van der Waals surface area contributed by atoms with E-state index in [4.69, 9.17) is 4.52 Å². The Bertz CT molecular complexity index is 961. The maximum absolute atomic E-state index is 12.7. The van der Waals surface area contributed by atoms with E-state index in [0.717, 1.165) is 0 Å². The first-order valence-electron chi connectivity index (χ1n) is 8.37. The summed E-state index contributed by atoms with van der Waals surface area (Å²) in [6, 6.07) is 7.27. The summed E-state index contributed by atoms with van der Waals surface area (Å²) in [5, 5.41) is 3.61. The molecule has 1 N–H and O–H groups in total. The maximum atomic E-state index is 12.7. The number of aryl methyl sites for hydroxylation is 1. The molecule has 1 aliphatic heterocycles. The van der Waals surface area contributed by atoms with Gasteiger partial charge in [-0.1, -0.05) is 11.2 Å². The Balaban J connectivity index is 1.75. The number of benzene rings is 1.